The molecule has 1 heterocycles. The third kappa shape index (κ3) is 5.87. The van der Waals surface area contributed by atoms with E-state index in [4.69, 9.17) is 0 Å². The highest BCUT2D eigenvalue weighted by Gasteiger charge is 2.06. The second kappa shape index (κ2) is 7.94. The number of likely N-dealkylation sites (N-methyl/N-ethyl adjacent to an activating group) is 2. The minimum absolute atomic E-state index is 0.702. The van der Waals surface area contributed by atoms with E-state index in [-0.39, 0.29) is 0 Å². The SMILES string of the molecule is CNCCN(C)c1cc(NCCC(C)C)nc(C)n1. The van der Waals surface area contributed by atoms with E-state index in [0.717, 1.165) is 43.5 Å². The zero-order valence-corrected chi connectivity index (χ0v) is 12.8. The first-order valence-electron chi connectivity index (χ1n) is 6.98. The largest absolute Gasteiger partial charge is 0.370 e. The Morgan fingerprint density at radius 3 is 2.63 bits per heavy atom. The first-order valence-corrected chi connectivity index (χ1v) is 6.98. The van der Waals surface area contributed by atoms with Crippen LogP contribution < -0.4 is 15.5 Å². The Labute approximate surface area is 116 Å². The smallest absolute Gasteiger partial charge is 0.134 e. The summed E-state index contributed by atoms with van der Waals surface area (Å²) in [7, 11) is 4.01. The number of anilines is 2. The van der Waals surface area contributed by atoms with E-state index in [0.29, 0.717) is 5.92 Å². The molecule has 0 saturated carbocycles. The van der Waals surface area contributed by atoms with Crippen LogP contribution in [-0.4, -0.2) is 43.7 Å². The summed E-state index contributed by atoms with van der Waals surface area (Å²) in [6, 6.07) is 2.02. The number of aryl methyl sites for hydroxylation is 1. The molecule has 19 heavy (non-hydrogen) atoms. The predicted octanol–water partition coefficient (Wildman–Crippen LogP) is 1.90. The lowest BCUT2D eigenvalue weighted by atomic mass is 10.1. The molecule has 0 atom stereocenters. The summed E-state index contributed by atoms with van der Waals surface area (Å²) < 4.78 is 0. The lowest BCUT2D eigenvalue weighted by Crippen LogP contribution is -2.28. The topological polar surface area (TPSA) is 53.1 Å². The second-order valence-corrected chi connectivity index (χ2v) is 5.29. The molecule has 0 aromatic carbocycles. The second-order valence-electron chi connectivity index (χ2n) is 5.29. The molecule has 5 heteroatoms. The van der Waals surface area contributed by atoms with Gasteiger partial charge in [-0.2, -0.15) is 0 Å². The molecule has 0 unspecified atom stereocenters. The molecule has 2 N–H and O–H groups in total. The maximum atomic E-state index is 4.48. The predicted molar refractivity (Wildman–Crippen MR) is 81.9 cm³/mol. The first-order chi connectivity index (χ1) is 9.02. The van der Waals surface area contributed by atoms with Gasteiger partial charge in [-0.25, -0.2) is 9.97 Å². The van der Waals surface area contributed by atoms with Gasteiger partial charge < -0.3 is 15.5 Å². The van der Waals surface area contributed by atoms with Gasteiger partial charge >= 0.3 is 0 Å². The van der Waals surface area contributed by atoms with Gasteiger partial charge in [-0.3, -0.25) is 0 Å². The van der Waals surface area contributed by atoms with Gasteiger partial charge in [0.15, 0.2) is 0 Å². The van der Waals surface area contributed by atoms with Gasteiger partial charge in [0, 0.05) is 32.7 Å². The Bertz CT molecular complexity index is 378. The molecule has 108 valence electrons. The van der Waals surface area contributed by atoms with E-state index in [2.05, 4.69) is 46.4 Å². The van der Waals surface area contributed by atoms with Crippen molar-refractivity contribution in [2.75, 3.05) is 43.9 Å². The maximum Gasteiger partial charge on any atom is 0.134 e. The van der Waals surface area contributed by atoms with Crippen LogP contribution in [0.5, 0.6) is 0 Å². The number of nitrogens with zero attached hydrogens (tertiary/aromatic N) is 3. The Morgan fingerprint density at radius 2 is 2.00 bits per heavy atom. The van der Waals surface area contributed by atoms with Crippen molar-refractivity contribution in [1.29, 1.82) is 0 Å². The molecule has 0 bridgehead atoms. The van der Waals surface area contributed by atoms with Crippen molar-refractivity contribution >= 4 is 11.6 Å². The molecular weight excluding hydrogens is 238 g/mol. The first kappa shape index (κ1) is 15.7. The quantitative estimate of drug-likeness (QED) is 0.752. The Morgan fingerprint density at radius 1 is 1.26 bits per heavy atom. The van der Waals surface area contributed by atoms with Crippen LogP contribution in [0.4, 0.5) is 11.6 Å². The van der Waals surface area contributed by atoms with Gasteiger partial charge in [-0.1, -0.05) is 13.8 Å². The highest BCUT2D eigenvalue weighted by atomic mass is 15.2. The van der Waals surface area contributed by atoms with E-state index in [9.17, 15) is 0 Å². The number of nitrogens with one attached hydrogen (secondary N) is 2. The van der Waals surface area contributed by atoms with Crippen LogP contribution in [0, 0.1) is 12.8 Å². The molecular formula is C14H27N5. The number of aromatic nitrogens is 2. The number of hydrogen-bond donors (Lipinski definition) is 2. The summed E-state index contributed by atoms with van der Waals surface area (Å²) in [4.78, 5) is 11.0. The molecule has 1 aromatic heterocycles. The molecule has 0 aliphatic heterocycles. The normalized spacial score (nSPS) is 10.8. The lowest BCUT2D eigenvalue weighted by Gasteiger charge is -2.19. The van der Waals surface area contributed by atoms with Gasteiger partial charge in [0.25, 0.3) is 0 Å². The van der Waals surface area contributed by atoms with Crippen LogP contribution in [0.2, 0.25) is 0 Å². The standard InChI is InChI=1S/C14H27N5/c1-11(2)6-7-16-13-10-14(18-12(3)17-13)19(5)9-8-15-4/h10-11,15H,6-9H2,1-5H3,(H,16,17,18). The summed E-state index contributed by atoms with van der Waals surface area (Å²) >= 11 is 0. The van der Waals surface area contributed by atoms with Crippen LogP contribution >= 0.6 is 0 Å². The van der Waals surface area contributed by atoms with E-state index in [1.54, 1.807) is 0 Å². The van der Waals surface area contributed by atoms with Gasteiger partial charge in [-0.05, 0) is 26.3 Å². The van der Waals surface area contributed by atoms with Crippen LogP contribution in [0.25, 0.3) is 0 Å². The monoisotopic (exact) mass is 265 g/mol. The van der Waals surface area contributed by atoms with Crippen molar-refractivity contribution in [2.45, 2.75) is 27.2 Å². The van der Waals surface area contributed by atoms with Crippen LogP contribution in [0.1, 0.15) is 26.1 Å². The molecule has 1 rings (SSSR count). The summed E-state index contributed by atoms with van der Waals surface area (Å²) in [6.07, 6.45) is 1.15. The highest BCUT2D eigenvalue weighted by Crippen LogP contribution is 2.14. The van der Waals surface area contributed by atoms with Gasteiger partial charge in [-0.15, -0.1) is 0 Å². The van der Waals surface area contributed by atoms with Crippen LogP contribution in [0.3, 0.4) is 0 Å². The Hall–Kier alpha value is -1.36. The Balaban J connectivity index is 2.65. The minimum atomic E-state index is 0.702. The van der Waals surface area contributed by atoms with Crippen molar-refractivity contribution in [2.24, 2.45) is 5.92 Å². The molecule has 5 nitrogen and oxygen atoms in total. The average Bonchev–Trinajstić information content (AvgIpc) is 2.34. The third-order valence-electron chi connectivity index (χ3n) is 2.94. The molecule has 0 saturated heterocycles. The van der Waals surface area contributed by atoms with Crippen molar-refractivity contribution in [3.05, 3.63) is 11.9 Å². The molecule has 0 aliphatic carbocycles. The van der Waals surface area contributed by atoms with Crippen molar-refractivity contribution < 1.29 is 0 Å². The average molecular weight is 265 g/mol. The molecule has 0 amide bonds. The van der Waals surface area contributed by atoms with E-state index in [1.165, 1.54) is 0 Å². The van der Waals surface area contributed by atoms with Crippen molar-refractivity contribution in [3.8, 4) is 0 Å². The third-order valence-corrected chi connectivity index (χ3v) is 2.94. The number of hydrogen-bond acceptors (Lipinski definition) is 5. The lowest BCUT2D eigenvalue weighted by molar-refractivity contribution is 0.606. The van der Waals surface area contributed by atoms with Crippen LogP contribution in [0.15, 0.2) is 6.07 Å². The summed E-state index contributed by atoms with van der Waals surface area (Å²) in [5.74, 6) is 3.39. The van der Waals surface area contributed by atoms with Gasteiger partial charge in [0.2, 0.25) is 0 Å². The fraction of sp³-hybridized carbons (Fsp3) is 0.714. The van der Waals surface area contributed by atoms with Crippen molar-refractivity contribution in [1.82, 2.24) is 15.3 Å². The minimum Gasteiger partial charge on any atom is -0.370 e. The van der Waals surface area contributed by atoms with E-state index >= 15 is 0 Å². The van der Waals surface area contributed by atoms with Gasteiger partial charge in [0.1, 0.15) is 17.5 Å². The summed E-state index contributed by atoms with van der Waals surface area (Å²) in [5, 5.41) is 6.52. The van der Waals surface area contributed by atoms with Crippen molar-refractivity contribution in [3.63, 3.8) is 0 Å². The molecule has 1 aromatic rings. The zero-order valence-electron chi connectivity index (χ0n) is 12.8. The van der Waals surface area contributed by atoms with Crippen LogP contribution in [-0.2, 0) is 0 Å². The highest BCUT2D eigenvalue weighted by molar-refractivity contribution is 5.48. The molecule has 0 fully saturated rings. The molecule has 0 radical (unpaired) electrons. The fourth-order valence-corrected chi connectivity index (χ4v) is 1.72. The van der Waals surface area contributed by atoms with E-state index < -0.39 is 0 Å². The maximum absolute atomic E-state index is 4.48. The zero-order chi connectivity index (χ0) is 14.3. The fourth-order valence-electron chi connectivity index (χ4n) is 1.72. The number of rotatable bonds is 8. The molecule has 0 aliphatic rings. The molecule has 0 spiro atoms. The summed E-state index contributed by atoms with van der Waals surface area (Å²) in [5.41, 5.74) is 0. The Kier molecular flexibility index (Phi) is 6.56. The summed E-state index contributed by atoms with van der Waals surface area (Å²) in [6.45, 7) is 9.21. The van der Waals surface area contributed by atoms with Gasteiger partial charge in [0.05, 0.1) is 0 Å². The van der Waals surface area contributed by atoms with E-state index in [1.807, 2.05) is 20.0 Å².